The molecule has 0 saturated carbocycles. The second-order valence-corrected chi connectivity index (χ2v) is 6.08. The SMILES string of the molecule is O=C(NNC(=O)c1cc(-c2ccccc2)nc2ccccc12)c1ccncc1. The number of amides is 2. The van der Waals surface area contributed by atoms with Crippen LogP contribution in [0.3, 0.4) is 0 Å². The third-order valence-electron chi connectivity index (χ3n) is 4.26. The quantitative estimate of drug-likeness (QED) is 0.543. The molecule has 0 radical (unpaired) electrons. The molecular weight excluding hydrogens is 352 g/mol. The lowest BCUT2D eigenvalue weighted by Gasteiger charge is -2.11. The minimum absolute atomic E-state index is 0.403. The molecule has 2 amide bonds. The maximum Gasteiger partial charge on any atom is 0.270 e. The summed E-state index contributed by atoms with van der Waals surface area (Å²) in [5, 5.41) is 0.706. The van der Waals surface area contributed by atoms with Gasteiger partial charge in [0.1, 0.15) is 0 Å². The van der Waals surface area contributed by atoms with Crippen LogP contribution in [-0.2, 0) is 0 Å². The molecule has 4 aromatic rings. The van der Waals surface area contributed by atoms with Crippen molar-refractivity contribution in [1.29, 1.82) is 0 Å². The number of nitrogens with zero attached hydrogens (tertiary/aromatic N) is 2. The van der Waals surface area contributed by atoms with Crippen LogP contribution in [0.25, 0.3) is 22.2 Å². The average Bonchev–Trinajstić information content (AvgIpc) is 2.77. The van der Waals surface area contributed by atoms with Crippen molar-refractivity contribution >= 4 is 22.7 Å². The molecule has 0 atom stereocenters. The highest BCUT2D eigenvalue weighted by atomic mass is 16.2. The van der Waals surface area contributed by atoms with Crippen molar-refractivity contribution in [3.8, 4) is 11.3 Å². The van der Waals surface area contributed by atoms with Gasteiger partial charge in [-0.05, 0) is 24.3 Å². The van der Waals surface area contributed by atoms with E-state index in [1.807, 2.05) is 54.6 Å². The van der Waals surface area contributed by atoms with E-state index in [9.17, 15) is 9.59 Å². The normalized spacial score (nSPS) is 10.4. The van der Waals surface area contributed by atoms with Gasteiger partial charge in [0.2, 0.25) is 0 Å². The number of hydrazine groups is 1. The second kappa shape index (κ2) is 7.67. The Hall–Kier alpha value is -4.06. The van der Waals surface area contributed by atoms with Gasteiger partial charge in [-0.3, -0.25) is 25.4 Å². The zero-order valence-corrected chi connectivity index (χ0v) is 14.8. The van der Waals surface area contributed by atoms with Gasteiger partial charge in [0.25, 0.3) is 11.8 Å². The Balaban J connectivity index is 1.65. The van der Waals surface area contributed by atoms with Crippen molar-refractivity contribution in [1.82, 2.24) is 20.8 Å². The fourth-order valence-electron chi connectivity index (χ4n) is 2.88. The van der Waals surface area contributed by atoms with E-state index in [1.54, 1.807) is 18.2 Å². The highest BCUT2D eigenvalue weighted by Gasteiger charge is 2.15. The van der Waals surface area contributed by atoms with Gasteiger partial charge in [-0.2, -0.15) is 0 Å². The summed E-state index contributed by atoms with van der Waals surface area (Å²) < 4.78 is 0. The van der Waals surface area contributed by atoms with Gasteiger partial charge in [-0.1, -0.05) is 48.5 Å². The molecule has 0 saturated heterocycles. The van der Waals surface area contributed by atoms with E-state index in [4.69, 9.17) is 0 Å². The molecule has 0 aliphatic rings. The number of para-hydroxylation sites is 1. The van der Waals surface area contributed by atoms with Crippen molar-refractivity contribution in [2.45, 2.75) is 0 Å². The summed E-state index contributed by atoms with van der Waals surface area (Å²) in [7, 11) is 0. The molecule has 0 aliphatic heterocycles. The molecule has 0 fully saturated rings. The topological polar surface area (TPSA) is 84.0 Å². The standard InChI is InChI=1S/C22H16N4O2/c27-21(16-10-12-23-13-11-16)25-26-22(28)18-14-20(15-6-2-1-3-7-15)24-19-9-5-4-8-17(18)19/h1-14H,(H,25,27)(H,26,28). The molecule has 2 N–H and O–H groups in total. The molecule has 4 rings (SSSR count). The molecule has 28 heavy (non-hydrogen) atoms. The Morgan fingerprint density at radius 3 is 2.21 bits per heavy atom. The summed E-state index contributed by atoms with van der Waals surface area (Å²) in [6.45, 7) is 0. The van der Waals surface area contributed by atoms with Crippen molar-refractivity contribution < 1.29 is 9.59 Å². The fourth-order valence-corrected chi connectivity index (χ4v) is 2.88. The van der Waals surface area contributed by atoms with Gasteiger partial charge in [-0.25, -0.2) is 4.98 Å². The van der Waals surface area contributed by atoms with Crippen LogP contribution in [-0.4, -0.2) is 21.8 Å². The number of carbonyl (C=O) groups excluding carboxylic acids is 2. The first kappa shape index (κ1) is 17.4. The summed E-state index contributed by atoms with van der Waals surface area (Å²) in [6, 6.07) is 21.9. The number of carbonyl (C=O) groups is 2. The predicted octanol–water partition coefficient (Wildman–Crippen LogP) is 3.37. The van der Waals surface area contributed by atoms with E-state index in [0.29, 0.717) is 27.7 Å². The first-order chi connectivity index (χ1) is 13.7. The first-order valence-electron chi connectivity index (χ1n) is 8.68. The number of fused-ring (bicyclic) bond motifs is 1. The van der Waals surface area contributed by atoms with E-state index in [-0.39, 0.29) is 0 Å². The lowest BCUT2D eigenvalue weighted by atomic mass is 10.0. The molecule has 0 unspecified atom stereocenters. The minimum Gasteiger partial charge on any atom is -0.267 e. The number of hydrogen-bond donors (Lipinski definition) is 2. The van der Waals surface area contributed by atoms with Gasteiger partial charge in [0.15, 0.2) is 0 Å². The fraction of sp³-hybridized carbons (Fsp3) is 0. The molecule has 136 valence electrons. The molecule has 2 heterocycles. The number of aromatic nitrogens is 2. The van der Waals surface area contributed by atoms with Gasteiger partial charge in [0.05, 0.1) is 16.8 Å². The van der Waals surface area contributed by atoms with Crippen LogP contribution in [0, 0.1) is 0 Å². The average molecular weight is 368 g/mol. The highest BCUT2D eigenvalue weighted by Crippen LogP contribution is 2.24. The van der Waals surface area contributed by atoms with E-state index in [2.05, 4.69) is 20.8 Å². The van der Waals surface area contributed by atoms with Crippen molar-refractivity contribution in [3.05, 3.63) is 96.3 Å². The van der Waals surface area contributed by atoms with Crippen LogP contribution in [0.1, 0.15) is 20.7 Å². The first-order valence-corrected chi connectivity index (χ1v) is 8.68. The Kier molecular flexibility index (Phi) is 4.76. The molecular formula is C22H16N4O2. The third kappa shape index (κ3) is 3.57. The van der Waals surface area contributed by atoms with Crippen LogP contribution >= 0.6 is 0 Å². The molecule has 2 aromatic heterocycles. The number of rotatable bonds is 3. The zero-order chi connectivity index (χ0) is 19.3. The molecule has 2 aromatic carbocycles. The van der Waals surface area contributed by atoms with Crippen LogP contribution in [0.15, 0.2) is 85.2 Å². The van der Waals surface area contributed by atoms with E-state index < -0.39 is 11.8 Å². The second-order valence-electron chi connectivity index (χ2n) is 6.08. The minimum atomic E-state index is -0.419. The molecule has 0 aliphatic carbocycles. The molecule has 6 nitrogen and oxygen atoms in total. The highest BCUT2D eigenvalue weighted by molar-refractivity contribution is 6.08. The van der Waals surface area contributed by atoms with E-state index >= 15 is 0 Å². The van der Waals surface area contributed by atoms with Gasteiger partial charge in [-0.15, -0.1) is 0 Å². The van der Waals surface area contributed by atoms with Gasteiger partial charge >= 0.3 is 0 Å². The Morgan fingerprint density at radius 2 is 1.43 bits per heavy atom. The maximum atomic E-state index is 12.8. The molecule has 6 heteroatoms. The van der Waals surface area contributed by atoms with Gasteiger partial charge < -0.3 is 0 Å². The van der Waals surface area contributed by atoms with Crippen LogP contribution in [0.4, 0.5) is 0 Å². The Bertz CT molecular complexity index is 1150. The zero-order valence-electron chi connectivity index (χ0n) is 14.8. The van der Waals surface area contributed by atoms with Crippen molar-refractivity contribution in [2.75, 3.05) is 0 Å². The lowest BCUT2D eigenvalue weighted by Crippen LogP contribution is -2.41. The van der Waals surface area contributed by atoms with Crippen LogP contribution < -0.4 is 10.9 Å². The van der Waals surface area contributed by atoms with E-state index in [0.717, 1.165) is 5.56 Å². The lowest BCUT2D eigenvalue weighted by molar-refractivity contribution is 0.0847. The smallest absolute Gasteiger partial charge is 0.267 e. The summed E-state index contributed by atoms with van der Waals surface area (Å²) >= 11 is 0. The largest absolute Gasteiger partial charge is 0.270 e. The molecule has 0 spiro atoms. The predicted molar refractivity (Wildman–Crippen MR) is 106 cm³/mol. The Labute approximate surface area is 161 Å². The van der Waals surface area contributed by atoms with E-state index in [1.165, 1.54) is 12.4 Å². The summed E-state index contributed by atoms with van der Waals surface area (Å²) in [6.07, 6.45) is 3.03. The number of nitrogens with one attached hydrogen (secondary N) is 2. The summed E-state index contributed by atoms with van der Waals surface area (Å²) in [4.78, 5) is 33.5. The summed E-state index contributed by atoms with van der Waals surface area (Å²) in [5.74, 6) is -0.837. The monoisotopic (exact) mass is 368 g/mol. The number of pyridine rings is 2. The van der Waals surface area contributed by atoms with Crippen molar-refractivity contribution in [2.24, 2.45) is 0 Å². The number of benzene rings is 2. The molecule has 0 bridgehead atoms. The Morgan fingerprint density at radius 1 is 0.750 bits per heavy atom. The van der Waals surface area contributed by atoms with Crippen molar-refractivity contribution in [3.63, 3.8) is 0 Å². The maximum absolute atomic E-state index is 12.8. The van der Waals surface area contributed by atoms with Gasteiger partial charge in [0, 0.05) is 28.9 Å². The summed E-state index contributed by atoms with van der Waals surface area (Å²) in [5.41, 5.74) is 8.04. The third-order valence-corrected chi connectivity index (χ3v) is 4.26. The number of hydrogen-bond acceptors (Lipinski definition) is 4. The van der Waals surface area contributed by atoms with Crippen LogP contribution in [0.2, 0.25) is 0 Å². The van der Waals surface area contributed by atoms with Crippen LogP contribution in [0.5, 0.6) is 0 Å².